The molecule has 3 aliphatic heterocycles. The Hall–Kier alpha value is -12.8. The molecular formula is C88H103F3N18O19S3. The predicted octanol–water partition coefficient (Wildman–Crippen LogP) is 8.28. The van der Waals surface area contributed by atoms with Gasteiger partial charge in [0.1, 0.15) is 106 Å². The van der Waals surface area contributed by atoms with Crippen molar-refractivity contribution in [2.75, 3.05) is 80.4 Å². The van der Waals surface area contributed by atoms with E-state index in [-0.39, 0.29) is 101 Å². The van der Waals surface area contributed by atoms with Gasteiger partial charge in [0.05, 0.1) is 120 Å². The molecule has 0 fully saturated rings. The molecule has 5 atom stereocenters. The first kappa shape index (κ1) is 98.8. The second-order valence-corrected chi connectivity index (χ2v) is 35.1. The standard InChI is InChI=1S/C29H33FN6O6S.C29H31FN6O6S.C25H28FN5O7S.C4H7N.CH4/c2*1-17(37)16-42-22(20-14-19(30)8-9-21(20)41-5)15-34-26-23(18(2)25(43-26)36-31-10-11-32-36)24(38)35(28(34)40)29(3,4)27(39)33-12-6-7-13-33;1-13(32)12-38-18(16-10-15(26)6-7-17(16)37-5)11-29-22-19(14(2)21(39-22)31-27-8-9-28-31)20(33)30(24(29)36)25(3,4)23(34)35;1-2-4-5-3-1;/h6-11,14,17,22,37H,12-13,15-16H2,1-5H3;6-11,14,22H,12-13,15-16H2,1-5H3;6-10,13,18,32H,11-12H2,1-5H3,(H,34,35);1-2,5H,3-4H2;1H4/t17?,22-;22-;13?,18-;;/m000../s1. The maximum atomic E-state index is 14.5. The highest BCUT2D eigenvalue weighted by molar-refractivity contribution is 7.22. The fourth-order valence-corrected chi connectivity index (χ4v) is 18.7. The summed E-state index contributed by atoms with van der Waals surface area (Å²) in [5.41, 5.74) is -7.17. The number of aliphatic hydroxyl groups excluding tert-OH is 2. The molecule has 37 nitrogen and oxygen atoms in total. The van der Waals surface area contributed by atoms with Gasteiger partial charge in [-0.15, -0.1) is 14.4 Å². The van der Waals surface area contributed by atoms with Crippen LogP contribution in [0.1, 0.15) is 121 Å². The molecule has 3 aromatic carbocycles. The molecule has 2 unspecified atom stereocenters. The van der Waals surface area contributed by atoms with E-state index >= 15 is 0 Å². The molecule has 9 aromatic heterocycles. The van der Waals surface area contributed by atoms with E-state index in [4.69, 9.17) is 28.4 Å². The summed E-state index contributed by atoms with van der Waals surface area (Å²) in [7, 11) is 4.24. The zero-order valence-corrected chi connectivity index (χ0v) is 76.3. The maximum Gasteiger partial charge on any atom is 0.333 e. The van der Waals surface area contributed by atoms with Crippen LogP contribution in [0.3, 0.4) is 0 Å². The average Bonchev–Trinajstić information content (AvgIpc) is 1.63. The second kappa shape index (κ2) is 41.6. The van der Waals surface area contributed by atoms with Crippen LogP contribution in [0.2, 0.25) is 0 Å². The van der Waals surface area contributed by atoms with E-state index in [1.165, 1.54) is 190 Å². The third-order valence-corrected chi connectivity index (χ3v) is 25.6. The smallest absolute Gasteiger partial charge is 0.333 e. The third-order valence-electron chi connectivity index (χ3n) is 21.7. The lowest BCUT2D eigenvalue weighted by Crippen LogP contribution is -2.56. The Bertz CT molecular complexity index is 6670. The summed E-state index contributed by atoms with van der Waals surface area (Å²) in [4.78, 5) is 144. The van der Waals surface area contributed by atoms with E-state index in [0.29, 0.717) is 78.6 Å². The quantitative estimate of drug-likeness (QED) is 0.0307. The van der Waals surface area contributed by atoms with Gasteiger partial charge in [-0.3, -0.25) is 42.5 Å². The van der Waals surface area contributed by atoms with Gasteiger partial charge in [-0.05, 0) is 138 Å². The number of ether oxygens (including phenoxy) is 6. The van der Waals surface area contributed by atoms with Gasteiger partial charge >= 0.3 is 23.0 Å². The molecule has 12 heterocycles. The molecule has 698 valence electrons. The van der Waals surface area contributed by atoms with Gasteiger partial charge in [0.25, 0.3) is 16.7 Å². The molecule has 15 rings (SSSR count). The molecule has 2 amide bonds. The number of hydrogen-bond donors (Lipinski definition) is 4. The molecule has 3 aliphatic rings. The number of methoxy groups -OCH3 is 3. The minimum absolute atomic E-state index is 0. The first-order valence-corrected chi connectivity index (χ1v) is 43.4. The van der Waals surface area contributed by atoms with Crippen LogP contribution in [0.25, 0.3) is 45.7 Å². The van der Waals surface area contributed by atoms with E-state index in [2.05, 4.69) is 48.1 Å². The molecule has 0 saturated heterocycles. The number of amides is 2. The predicted molar refractivity (Wildman–Crippen MR) is 485 cm³/mol. The van der Waals surface area contributed by atoms with Gasteiger partial charge in [-0.1, -0.05) is 77.9 Å². The van der Waals surface area contributed by atoms with E-state index < -0.39 is 116 Å². The summed E-state index contributed by atoms with van der Waals surface area (Å²) in [5.74, 6) is -3.28. The highest BCUT2D eigenvalue weighted by Crippen LogP contribution is 2.40. The first-order valence-electron chi connectivity index (χ1n) is 41.0. The van der Waals surface area contributed by atoms with Gasteiger partial charge in [0, 0.05) is 72.6 Å². The van der Waals surface area contributed by atoms with Crippen molar-refractivity contribution in [3.63, 3.8) is 0 Å². The summed E-state index contributed by atoms with van der Waals surface area (Å²) in [6, 6.07) is 11.6. The van der Waals surface area contributed by atoms with Crippen LogP contribution >= 0.6 is 34.0 Å². The van der Waals surface area contributed by atoms with E-state index in [0.717, 1.165) is 56.2 Å². The lowest BCUT2D eigenvalue weighted by atomic mass is 10.0. The summed E-state index contributed by atoms with van der Waals surface area (Å²) in [6.45, 7) is 20.5. The number of carbonyl (C=O) groups is 4. The molecule has 43 heteroatoms. The van der Waals surface area contributed by atoms with Crippen molar-refractivity contribution in [3.8, 4) is 32.3 Å². The molecule has 4 N–H and O–H groups in total. The van der Waals surface area contributed by atoms with Crippen LogP contribution in [0, 0.1) is 38.2 Å². The van der Waals surface area contributed by atoms with Gasteiger partial charge in [0.15, 0.2) is 5.78 Å². The normalized spacial score (nSPS) is 14.3. The van der Waals surface area contributed by atoms with Crippen molar-refractivity contribution < 1.29 is 76.1 Å². The number of ketones is 1. The number of thiophene rings is 3. The van der Waals surface area contributed by atoms with Crippen LogP contribution in [-0.2, 0) is 69.6 Å². The largest absolute Gasteiger partial charge is 0.496 e. The number of hydrogen-bond acceptors (Lipinski definition) is 28. The van der Waals surface area contributed by atoms with Gasteiger partial charge in [-0.2, -0.15) is 30.6 Å². The zero-order chi connectivity index (χ0) is 94.3. The molecular weight excluding hydrogens is 1770 g/mol. The number of rotatable bonds is 30. The number of aromatic nitrogens is 15. The van der Waals surface area contributed by atoms with Crippen LogP contribution in [0.15, 0.2) is 157 Å². The Kier molecular flexibility index (Phi) is 31.4. The molecule has 0 radical (unpaired) electrons. The molecule has 12 aromatic rings. The van der Waals surface area contributed by atoms with Gasteiger partial charge in [0.2, 0.25) is 11.8 Å². The Labute approximate surface area is 759 Å². The van der Waals surface area contributed by atoms with Gasteiger partial charge in [-0.25, -0.2) is 46.1 Å². The van der Waals surface area contributed by atoms with Crippen molar-refractivity contribution in [1.82, 2.24) is 87.5 Å². The van der Waals surface area contributed by atoms with Crippen molar-refractivity contribution in [1.29, 1.82) is 0 Å². The Morgan fingerprint density at radius 1 is 0.458 bits per heavy atom. The molecule has 0 aliphatic carbocycles. The Morgan fingerprint density at radius 3 is 0.992 bits per heavy atom. The Balaban J connectivity index is 0.000000184. The van der Waals surface area contributed by atoms with Gasteiger partial charge < -0.3 is 58.9 Å². The molecule has 0 spiro atoms. The topological polar surface area (TPSA) is 427 Å². The van der Waals surface area contributed by atoms with Crippen molar-refractivity contribution in [2.24, 2.45) is 0 Å². The number of halogens is 3. The fourth-order valence-electron chi connectivity index (χ4n) is 15.1. The SMILES string of the molecule is C.C1=CCNC1.COc1ccc(F)cc1[C@H](Cn1c(=O)n(C(C)(C)C(=O)N2CC=CC2)c(=O)c2c(C)c(-n3nccn3)sc21)OCC(C)=O.COc1ccc(F)cc1[C@H](Cn1c(=O)n(C(C)(C)C(=O)N2CC=CC2)c(=O)c2c(C)c(-n3nccn3)sc21)OCC(C)O.COc1ccc(F)cc1[C@H](Cn1c(=O)n(C(C)(C)C(=O)O)c(=O)c2c(C)c(-n3nccn3)sc21)OCC(C)O. The minimum Gasteiger partial charge on any atom is -0.496 e. The highest BCUT2D eigenvalue weighted by atomic mass is 32.1. The van der Waals surface area contributed by atoms with E-state index in [9.17, 15) is 76.4 Å². The first-order chi connectivity index (χ1) is 61.8. The second-order valence-electron chi connectivity index (χ2n) is 32.2. The average molecular weight is 1870 g/mol. The fraction of sp³-hybridized carbons (Fsp3) is 0.409. The minimum atomic E-state index is -1.91. The number of aliphatic carboxylic acids is 1. The molecule has 0 bridgehead atoms. The lowest BCUT2D eigenvalue weighted by Gasteiger charge is -2.31. The third kappa shape index (κ3) is 20.6. The zero-order valence-electron chi connectivity index (χ0n) is 73.8. The summed E-state index contributed by atoms with van der Waals surface area (Å²) in [6.07, 6.45) is 15.7. The monoisotopic (exact) mass is 1870 g/mol. The van der Waals surface area contributed by atoms with Crippen LogP contribution < -0.4 is 53.3 Å². The van der Waals surface area contributed by atoms with Crippen molar-refractivity contribution in [3.05, 3.63) is 242 Å². The molecule has 0 saturated carbocycles. The number of aryl methyl sites for hydroxylation is 3. The number of nitrogens with zero attached hydrogens (tertiary/aromatic N) is 17. The lowest BCUT2D eigenvalue weighted by molar-refractivity contribution is -0.146. The number of Topliss-reactive ketones (excluding diaryl/α,β-unsaturated/α-hetero) is 1. The van der Waals surface area contributed by atoms with Crippen molar-refractivity contribution in [2.45, 2.75) is 157 Å². The number of carbonyl (C=O) groups excluding carboxylic acids is 3. The molecule has 131 heavy (non-hydrogen) atoms. The number of carboxylic acids is 1. The highest BCUT2D eigenvalue weighted by Gasteiger charge is 2.43. The number of carboxylic acid groups (broad SMARTS) is 1. The number of fused-ring (bicyclic) bond motifs is 3. The number of aliphatic hydroxyl groups is 2. The van der Waals surface area contributed by atoms with Crippen molar-refractivity contribution >= 4 is 88.2 Å². The summed E-state index contributed by atoms with van der Waals surface area (Å²) >= 11 is 3.32. The summed E-state index contributed by atoms with van der Waals surface area (Å²) < 4.78 is 84.1. The summed E-state index contributed by atoms with van der Waals surface area (Å²) in [5, 5.41) is 60.0. The van der Waals surface area contributed by atoms with E-state index in [1.54, 1.807) is 44.4 Å². The maximum absolute atomic E-state index is 14.5. The Morgan fingerprint density at radius 2 is 0.740 bits per heavy atom. The van der Waals surface area contributed by atoms with Crippen LogP contribution in [0.5, 0.6) is 17.2 Å². The number of nitrogens with one attached hydrogen (secondary N) is 1. The van der Waals surface area contributed by atoms with Crippen LogP contribution in [0.4, 0.5) is 13.2 Å². The number of benzene rings is 3. The van der Waals surface area contributed by atoms with Crippen LogP contribution in [-0.4, -0.2) is 214 Å². The van der Waals surface area contributed by atoms with E-state index in [1.807, 2.05) is 24.3 Å².